The van der Waals surface area contributed by atoms with Crippen LogP contribution in [0.3, 0.4) is 0 Å². The van der Waals surface area contributed by atoms with Crippen molar-refractivity contribution in [3.63, 3.8) is 0 Å². The Labute approximate surface area is 139 Å². The number of halogens is 3. The van der Waals surface area contributed by atoms with Gasteiger partial charge in [-0.1, -0.05) is 6.08 Å². The molecule has 0 N–H and O–H groups in total. The summed E-state index contributed by atoms with van der Waals surface area (Å²) in [5.74, 6) is 0. The zero-order valence-corrected chi connectivity index (χ0v) is 13.1. The minimum atomic E-state index is -4.79. The van der Waals surface area contributed by atoms with Crippen LogP contribution in [0.2, 0.25) is 0 Å². The van der Waals surface area contributed by atoms with Crippen molar-refractivity contribution < 1.29 is 13.2 Å². The summed E-state index contributed by atoms with van der Waals surface area (Å²) in [6, 6.07) is 5.06. The lowest BCUT2D eigenvalue weighted by molar-refractivity contribution is -0.144. The molecule has 0 bridgehead atoms. The highest BCUT2D eigenvalue weighted by Gasteiger charge is 2.35. The normalized spacial score (nSPS) is 11.8. The summed E-state index contributed by atoms with van der Waals surface area (Å²) < 4.78 is 41.5. The molecule has 0 aliphatic heterocycles. The van der Waals surface area contributed by atoms with E-state index in [1.165, 1.54) is 12.1 Å². The number of allylic oxidation sites excluding steroid dienone is 1. The van der Waals surface area contributed by atoms with E-state index in [1.807, 2.05) is 0 Å². The average Bonchev–Trinajstić information content (AvgIpc) is 2.93. The lowest BCUT2D eigenvalue weighted by atomic mass is 10.2. The zero-order chi connectivity index (χ0) is 18.4. The molecule has 3 rings (SSSR count). The van der Waals surface area contributed by atoms with Gasteiger partial charge in [-0.15, -0.1) is 6.58 Å². The number of rotatable bonds is 3. The zero-order valence-electron chi connectivity index (χ0n) is 13.1. The van der Waals surface area contributed by atoms with E-state index in [0.717, 1.165) is 12.4 Å². The van der Waals surface area contributed by atoms with Crippen molar-refractivity contribution in [3.8, 4) is 5.69 Å². The number of fused-ring (bicyclic) bond motifs is 1. The molecule has 9 heteroatoms. The summed E-state index contributed by atoms with van der Waals surface area (Å²) in [5.41, 5.74) is -2.63. The lowest BCUT2D eigenvalue weighted by Crippen LogP contribution is -2.40. The molecule has 6 nitrogen and oxygen atoms in total. The SMILES string of the molecule is C=CCn1ncc2ccc(-n3c(=O)cc(C(F)(F)F)n(C)c3=O)cc21. The van der Waals surface area contributed by atoms with E-state index in [1.54, 1.807) is 23.0 Å². The molecule has 0 amide bonds. The quantitative estimate of drug-likeness (QED) is 0.680. The van der Waals surface area contributed by atoms with Crippen molar-refractivity contribution in [3.05, 3.63) is 69.6 Å². The minimum Gasteiger partial charge on any atom is -0.292 e. The molecule has 0 aliphatic rings. The van der Waals surface area contributed by atoms with E-state index >= 15 is 0 Å². The van der Waals surface area contributed by atoms with Gasteiger partial charge in [0, 0.05) is 18.5 Å². The van der Waals surface area contributed by atoms with Gasteiger partial charge >= 0.3 is 11.9 Å². The Balaban J connectivity index is 2.27. The largest absolute Gasteiger partial charge is 0.431 e. The maximum atomic E-state index is 12.9. The molecule has 0 atom stereocenters. The number of nitrogens with zero attached hydrogens (tertiary/aromatic N) is 4. The first kappa shape index (κ1) is 16.7. The standard InChI is InChI=1S/C16H13F3N4O2/c1-3-6-22-12-7-11(5-4-10(12)9-20-22)23-14(24)8-13(16(17,18)19)21(2)15(23)25/h3-5,7-9H,1,6H2,2H3. The Morgan fingerprint density at radius 2 is 1.96 bits per heavy atom. The van der Waals surface area contributed by atoms with Crippen LogP contribution in [0.4, 0.5) is 13.2 Å². The third kappa shape index (κ3) is 2.77. The Hall–Kier alpha value is -3.10. The molecule has 1 aromatic carbocycles. The first-order chi connectivity index (χ1) is 11.7. The fourth-order valence-electron chi connectivity index (χ4n) is 2.60. The summed E-state index contributed by atoms with van der Waals surface area (Å²) >= 11 is 0. The van der Waals surface area contributed by atoms with Gasteiger partial charge in [0.25, 0.3) is 5.56 Å². The Morgan fingerprint density at radius 1 is 1.24 bits per heavy atom. The van der Waals surface area contributed by atoms with Crippen LogP contribution >= 0.6 is 0 Å². The van der Waals surface area contributed by atoms with E-state index in [2.05, 4.69) is 11.7 Å². The van der Waals surface area contributed by atoms with Crippen LogP contribution in [0, 0.1) is 0 Å². The topological polar surface area (TPSA) is 61.8 Å². The molecule has 3 aromatic rings. The molecule has 130 valence electrons. The second kappa shape index (κ2) is 5.76. The van der Waals surface area contributed by atoms with E-state index in [9.17, 15) is 22.8 Å². The predicted molar refractivity (Wildman–Crippen MR) is 85.8 cm³/mol. The maximum absolute atomic E-state index is 12.9. The van der Waals surface area contributed by atoms with Crippen molar-refractivity contribution in [2.24, 2.45) is 7.05 Å². The average molecular weight is 350 g/mol. The molecule has 25 heavy (non-hydrogen) atoms. The lowest BCUT2D eigenvalue weighted by Gasteiger charge is -2.14. The smallest absolute Gasteiger partial charge is 0.292 e. The molecule has 0 saturated heterocycles. The third-order valence-corrected chi connectivity index (χ3v) is 3.80. The van der Waals surface area contributed by atoms with Crippen LogP contribution in [0.25, 0.3) is 16.6 Å². The van der Waals surface area contributed by atoms with E-state index < -0.39 is 23.1 Å². The van der Waals surface area contributed by atoms with Crippen molar-refractivity contribution >= 4 is 10.9 Å². The number of alkyl halides is 3. The van der Waals surface area contributed by atoms with Gasteiger partial charge in [-0.3, -0.25) is 14.0 Å². The van der Waals surface area contributed by atoms with Crippen LogP contribution in [0.1, 0.15) is 5.69 Å². The molecule has 0 radical (unpaired) electrons. The van der Waals surface area contributed by atoms with E-state index in [0.29, 0.717) is 27.3 Å². The number of benzene rings is 1. The molecular formula is C16H13F3N4O2. The van der Waals surface area contributed by atoms with Gasteiger partial charge in [0.15, 0.2) is 0 Å². The van der Waals surface area contributed by atoms with Gasteiger partial charge in [-0.25, -0.2) is 9.36 Å². The maximum Gasteiger partial charge on any atom is 0.431 e. The second-order valence-corrected chi connectivity index (χ2v) is 5.40. The van der Waals surface area contributed by atoms with Gasteiger partial charge in [-0.05, 0) is 18.2 Å². The van der Waals surface area contributed by atoms with Crippen LogP contribution < -0.4 is 11.2 Å². The Bertz CT molecular complexity index is 1090. The molecule has 0 saturated carbocycles. The Kier molecular flexibility index (Phi) is 3.86. The van der Waals surface area contributed by atoms with Crippen molar-refractivity contribution in [2.45, 2.75) is 12.7 Å². The molecule has 0 unspecified atom stereocenters. The van der Waals surface area contributed by atoms with Crippen LogP contribution in [0.15, 0.2) is 52.7 Å². The second-order valence-electron chi connectivity index (χ2n) is 5.40. The summed E-state index contributed by atoms with van der Waals surface area (Å²) in [4.78, 5) is 24.5. The molecule has 0 spiro atoms. The summed E-state index contributed by atoms with van der Waals surface area (Å²) in [5, 5.41) is 4.92. The highest BCUT2D eigenvalue weighted by Crippen LogP contribution is 2.27. The van der Waals surface area contributed by atoms with Gasteiger partial charge in [0.2, 0.25) is 0 Å². The van der Waals surface area contributed by atoms with Crippen molar-refractivity contribution in [1.82, 2.24) is 18.9 Å². The van der Waals surface area contributed by atoms with Gasteiger partial charge in [0.1, 0.15) is 5.69 Å². The fraction of sp³-hybridized carbons (Fsp3) is 0.188. The highest BCUT2D eigenvalue weighted by atomic mass is 19.4. The summed E-state index contributed by atoms with van der Waals surface area (Å²) in [6.07, 6.45) is -1.56. The monoisotopic (exact) mass is 350 g/mol. The molecule has 2 heterocycles. The van der Waals surface area contributed by atoms with Gasteiger partial charge < -0.3 is 0 Å². The first-order valence-corrected chi connectivity index (χ1v) is 7.21. The number of hydrogen-bond acceptors (Lipinski definition) is 3. The third-order valence-electron chi connectivity index (χ3n) is 3.80. The molecule has 0 fully saturated rings. The van der Waals surface area contributed by atoms with E-state index in [4.69, 9.17) is 0 Å². The van der Waals surface area contributed by atoms with Gasteiger partial charge in [-0.2, -0.15) is 18.3 Å². The first-order valence-electron chi connectivity index (χ1n) is 7.21. The van der Waals surface area contributed by atoms with Crippen LogP contribution in [-0.2, 0) is 19.8 Å². The minimum absolute atomic E-state index is 0.164. The van der Waals surface area contributed by atoms with Crippen LogP contribution in [0.5, 0.6) is 0 Å². The highest BCUT2D eigenvalue weighted by molar-refractivity contribution is 5.80. The van der Waals surface area contributed by atoms with Crippen LogP contribution in [-0.4, -0.2) is 18.9 Å². The number of aromatic nitrogens is 4. The van der Waals surface area contributed by atoms with Gasteiger partial charge in [0.05, 0.1) is 23.9 Å². The molecule has 2 aromatic heterocycles. The summed E-state index contributed by atoms with van der Waals surface area (Å²) in [6.45, 7) is 4.03. The van der Waals surface area contributed by atoms with E-state index in [-0.39, 0.29) is 5.69 Å². The van der Waals surface area contributed by atoms with Crippen molar-refractivity contribution in [1.29, 1.82) is 0 Å². The molecule has 0 aliphatic carbocycles. The molecular weight excluding hydrogens is 337 g/mol. The predicted octanol–water partition coefficient (Wildman–Crippen LogP) is 2.09. The van der Waals surface area contributed by atoms with Crippen molar-refractivity contribution in [2.75, 3.05) is 0 Å². The number of hydrogen-bond donors (Lipinski definition) is 0. The summed E-state index contributed by atoms with van der Waals surface area (Å²) in [7, 11) is 0.974. The fourth-order valence-corrected chi connectivity index (χ4v) is 2.60. The Morgan fingerprint density at radius 3 is 2.60 bits per heavy atom.